The van der Waals surface area contributed by atoms with Gasteiger partial charge in [0.05, 0.1) is 23.2 Å². The normalized spacial score (nSPS) is 10.9. The smallest absolute Gasteiger partial charge is 0.348 e. The van der Waals surface area contributed by atoms with E-state index in [2.05, 4.69) is 9.73 Å². The van der Waals surface area contributed by atoms with Crippen molar-refractivity contribution >= 4 is 34.8 Å². The summed E-state index contributed by atoms with van der Waals surface area (Å²) in [7, 11) is 0. The molecule has 1 aromatic heterocycles. The first-order valence-corrected chi connectivity index (χ1v) is 8.71. The first kappa shape index (κ1) is 19.8. The second kappa shape index (κ2) is 8.83. The van der Waals surface area contributed by atoms with Crippen LogP contribution in [0.15, 0.2) is 62.7 Å². The van der Waals surface area contributed by atoms with Gasteiger partial charge in [-0.15, -0.1) is 0 Å². The fraction of sp³-hybridized carbons (Fsp3) is 0.143. The van der Waals surface area contributed by atoms with E-state index in [9.17, 15) is 19.5 Å². The van der Waals surface area contributed by atoms with E-state index < -0.39 is 24.2 Å². The van der Waals surface area contributed by atoms with E-state index in [-0.39, 0.29) is 29.1 Å². The van der Waals surface area contributed by atoms with E-state index >= 15 is 0 Å². The van der Waals surface area contributed by atoms with Gasteiger partial charge in [-0.2, -0.15) is 0 Å². The summed E-state index contributed by atoms with van der Waals surface area (Å²) in [6.07, 6.45) is 1.20. The summed E-state index contributed by atoms with van der Waals surface area (Å²) in [6.45, 7) is 1.39. The largest absolute Gasteiger partial charge is 0.506 e. The summed E-state index contributed by atoms with van der Waals surface area (Å²) in [5.74, 6) is -1.53. The molecule has 0 fully saturated rings. The number of aliphatic imine (C=N–C) groups is 1. The lowest BCUT2D eigenvalue weighted by molar-refractivity contribution is -0.146. The topological polar surface area (TPSA) is 115 Å². The predicted octanol–water partition coefficient (Wildman–Crippen LogP) is 2.97. The summed E-state index contributed by atoms with van der Waals surface area (Å²) in [4.78, 5) is 39.3. The average Bonchev–Trinajstić information content (AvgIpc) is 2.72. The fourth-order valence-electron chi connectivity index (χ4n) is 2.49. The zero-order valence-corrected chi connectivity index (χ0v) is 15.5. The molecule has 3 rings (SSSR count). The van der Waals surface area contributed by atoms with E-state index in [1.54, 1.807) is 31.2 Å². The minimum Gasteiger partial charge on any atom is -0.506 e. The van der Waals surface area contributed by atoms with Crippen molar-refractivity contribution in [3.8, 4) is 5.75 Å². The van der Waals surface area contributed by atoms with Gasteiger partial charge in [0.1, 0.15) is 16.9 Å². The third-order valence-corrected chi connectivity index (χ3v) is 3.89. The molecule has 148 valence electrons. The highest BCUT2D eigenvalue weighted by atomic mass is 16.6. The Balaban J connectivity index is 1.74. The predicted molar refractivity (Wildman–Crippen MR) is 105 cm³/mol. The Labute approximate surface area is 165 Å². The molecule has 0 saturated carbocycles. The molecular weight excluding hydrogens is 378 g/mol. The van der Waals surface area contributed by atoms with Crippen LogP contribution in [0.3, 0.4) is 0 Å². The number of para-hydroxylation sites is 1. The van der Waals surface area contributed by atoms with E-state index in [0.29, 0.717) is 11.1 Å². The maximum absolute atomic E-state index is 12.1. The second-order valence-corrected chi connectivity index (χ2v) is 5.83. The number of aromatic hydroxyl groups is 1. The molecule has 8 nitrogen and oxygen atoms in total. The van der Waals surface area contributed by atoms with Gasteiger partial charge in [-0.3, -0.25) is 4.99 Å². The van der Waals surface area contributed by atoms with Crippen LogP contribution in [0, 0.1) is 0 Å². The summed E-state index contributed by atoms with van der Waals surface area (Å²) in [5.41, 5.74) is 0.129. The molecule has 8 heteroatoms. The monoisotopic (exact) mass is 395 g/mol. The van der Waals surface area contributed by atoms with Crippen molar-refractivity contribution in [1.29, 1.82) is 0 Å². The number of fused-ring (bicyclic) bond motifs is 1. The molecule has 1 N–H and O–H groups in total. The lowest BCUT2D eigenvalue weighted by Gasteiger charge is -2.05. The molecule has 1 heterocycles. The third-order valence-electron chi connectivity index (χ3n) is 3.89. The van der Waals surface area contributed by atoms with Gasteiger partial charge in [0.2, 0.25) is 0 Å². The Morgan fingerprint density at radius 2 is 1.83 bits per heavy atom. The number of carbonyl (C=O) groups excluding carboxylic acids is 2. The van der Waals surface area contributed by atoms with Crippen molar-refractivity contribution in [3.63, 3.8) is 0 Å². The molecule has 3 aromatic rings. The van der Waals surface area contributed by atoms with Crippen LogP contribution in [0.5, 0.6) is 5.75 Å². The van der Waals surface area contributed by atoms with Crippen LogP contribution in [-0.2, 0) is 14.3 Å². The van der Waals surface area contributed by atoms with E-state index in [0.717, 1.165) is 0 Å². The van der Waals surface area contributed by atoms with Crippen molar-refractivity contribution < 1.29 is 28.6 Å². The van der Waals surface area contributed by atoms with Crippen molar-refractivity contribution in [1.82, 2.24) is 0 Å². The van der Waals surface area contributed by atoms with Gasteiger partial charge in [0.25, 0.3) is 0 Å². The van der Waals surface area contributed by atoms with Gasteiger partial charge in [-0.05, 0) is 43.3 Å². The van der Waals surface area contributed by atoms with Crippen molar-refractivity contribution in [2.24, 2.45) is 4.99 Å². The van der Waals surface area contributed by atoms with Gasteiger partial charge < -0.3 is 19.0 Å². The van der Waals surface area contributed by atoms with Crippen LogP contribution in [-0.4, -0.2) is 36.5 Å². The number of hydrogen-bond donors (Lipinski definition) is 1. The van der Waals surface area contributed by atoms with Gasteiger partial charge >= 0.3 is 17.6 Å². The molecule has 0 amide bonds. The number of esters is 2. The summed E-state index contributed by atoms with van der Waals surface area (Å²) in [6, 6.07) is 12.6. The molecule has 0 aliphatic carbocycles. The van der Waals surface area contributed by atoms with E-state index in [4.69, 9.17) is 9.15 Å². The summed E-state index contributed by atoms with van der Waals surface area (Å²) < 4.78 is 14.7. The first-order chi connectivity index (χ1) is 14.0. The maximum atomic E-state index is 12.1. The third kappa shape index (κ3) is 4.67. The van der Waals surface area contributed by atoms with Gasteiger partial charge in [-0.1, -0.05) is 12.1 Å². The van der Waals surface area contributed by atoms with Gasteiger partial charge in [0.15, 0.2) is 6.61 Å². The molecule has 0 spiro atoms. The second-order valence-electron chi connectivity index (χ2n) is 5.83. The van der Waals surface area contributed by atoms with Gasteiger partial charge in [0, 0.05) is 6.21 Å². The lowest BCUT2D eigenvalue weighted by Crippen LogP contribution is -2.16. The van der Waals surface area contributed by atoms with Crippen LogP contribution >= 0.6 is 0 Å². The minimum atomic E-state index is -0.718. The molecule has 0 aliphatic heterocycles. The number of benzene rings is 2. The number of nitrogens with zero attached hydrogens (tertiary/aromatic N) is 1. The zero-order chi connectivity index (χ0) is 20.8. The molecular formula is C21H17NO7. The SMILES string of the molecule is CCOC(=O)COC(=O)c1ccc(N=Cc2c(O)c3ccccc3oc2=O)cc1. The average molecular weight is 395 g/mol. The highest BCUT2D eigenvalue weighted by Gasteiger charge is 2.12. The van der Waals surface area contributed by atoms with E-state index in [1.165, 1.54) is 30.5 Å². The van der Waals surface area contributed by atoms with Crippen LogP contribution in [0.25, 0.3) is 11.0 Å². The quantitative estimate of drug-likeness (QED) is 0.387. The van der Waals surface area contributed by atoms with Crippen LogP contribution < -0.4 is 5.63 Å². The molecule has 29 heavy (non-hydrogen) atoms. The number of hydrogen-bond acceptors (Lipinski definition) is 8. The molecule has 0 radical (unpaired) electrons. The zero-order valence-electron chi connectivity index (χ0n) is 15.5. The molecule has 0 atom stereocenters. The standard InChI is InChI=1S/C21H17NO7/c1-2-27-18(23)12-28-20(25)13-7-9-14(10-8-13)22-11-16-19(24)15-5-3-4-6-17(15)29-21(16)26/h3-11,24H,2,12H2,1H3. The number of rotatable bonds is 6. The first-order valence-electron chi connectivity index (χ1n) is 8.71. The lowest BCUT2D eigenvalue weighted by atomic mass is 10.1. The van der Waals surface area contributed by atoms with Gasteiger partial charge in [-0.25, -0.2) is 14.4 Å². The fourth-order valence-corrected chi connectivity index (χ4v) is 2.49. The minimum absolute atomic E-state index is 0.0818. The number of ether oxygens (including phenoxy) is 2. The Bertz CT molecular complexity index is 1130. The van der Waals surface area contributed by atoms with Crippen molar-refractivity contribution in [2.75, 3.05) is 13.2 Å². The Morgan fingerprint density at radius 1 is 1.10 bits per heavy atom. The van der Waals surface area contributed by atoms with Crippen LogP contribution in [0.4, 0.5) is 5.69 Å². The molecule has 0 bridgehead atoms. The van der Waals surface area contributed by atoms with Crippen LogP contribution in [0.1, 0.15) is 22.8 Å². The Hall–Kier alpha value is -3.94. The van der Waals surface area contributed by atoms with Crippen molar-refractivity contribution in [2.45, 2.75) is 6.92 Å². The Morgan fingerprint density at radius 3 is 2.55 bits per heavy atom. The molecule has 0 saturated heterocycles. The number of carbonyl (C=O) groups is 2. The van der Waals surface area contributed by atoms with Crippen molar-refractivity contribution in [3.05, 3.63) is 70.1 Å². The molecule has 2 aromatic carbocycles. The Kier molecular flexibility index (Phi) is 6.03. The van der Waals surface area contributed by atoms with E-state index in [1.807, 2.05) is 0 Å². The highest BCUT2D eigenvalue weighted by Crippen LogP contribution is 2.25. The summed E-state index contributed by atoms with van der Waals surface area (Å²) >= 11 is 0. The molecule has 0 unspecified atom stereocenters. The molecule has 0 aliphatic rings. The van der Waals surface area contributed by atoms with Crippen LogP contribution in [0.2, 0.25) is 0 Å². The maximum Gasteiger partial charge on any atom is 0.348 e. The highest BCUT2D eigenvalue weighted by molar-refractivity contribution is 5.94. The summed E-state index contributed by atoms with van der Waals surface area (Å²) in [5, 5.41) is 10.7.